The SMILES string of the molecule is CN(CCCOCCCc1cccc2c1n(C)c(=O)n2C1CCC(=O)NC1=O)CCOCCn1cc(NC(=O)c2cnn3ccc(N4CCCC(F)(F)C4)nc23)c(C(F)F)n1. The largest absolute Gasteiger partial charge is 0.381 e. The maximum absolute atomic E-state index is 14.0. The quantitative estimate of drug-likeness (QED) is 0.0699. The summed E-state index contributed by atoms with van der Waals surface area (Å²) in [7, 11) is 3.64. The van der Waals surface area contributed by atoms with Gasteiger partial charge in [-0.25, -0.2) is 31.9 Å². The summed E-state index contributed by atoms with van der Waals surface area (Å²) in [4.78, 5) is 58.6. The lowest BCUT2D eigenvalue weighted by Crippen LogP contribution is -2.44. The van der Waals surface area contributed by atoms with Crippen LogP contribution in [0.5, 0.6) is 0 Å². The number of carbonyl (C=O) groups is 3. The summed E-state index contributed by atoms with van der Waals surface area (Å²) in [6, 6.07) is 6.45. The van der Waals surface area contributed by atoms with Crippen molar-refractivity contribution in [2.45, 2.75) is 69.9 Å². The number of hydrogen-bond donors (Lipinski definition) is 2. The van der Waals surface area contributed by atoms with E-state index in [1.807, 2.05) is 25.2 Å². The number of likely N-dealkylation sites (N-methyl/N-ethyl adjacent to an activating group) is 1. The smallest absolute Gasteiger partial charge is 0.329 e. The van der Waals surface area contributed by atoms with Crippen LogP contribution in [0.25, 0.3) is 16.7 Å². The van der Waals surface area contributed by atoms with Crippen LogP contribution in [0.1, 0.15) is 72.6 Å². The van der Waals surface area contributed by atoms with Gasteiger partial charge in [0.1, 0.15) is 17.4 Å². The number of rotatable bonds is 19. The maximum Gasteiger partial charge on any atom is 0.329 e. The molecule has 0 bridgehead atoms. The molecule has 2 fully saturated rings. The number of nitrogens with zero attached hydrogens (tertiary/aromatic N) is 9. The van der Waals surface area contributed by atoms with Crippen LogP contribution in [0.2, 0.25) is 0 Å². The molecule has 1 unspecified atom stereocenters. The zero-order valence-electron chi connectivity index (χ0n) is 34.0. The van der Waals surface area contributed by atoms with Gasteiger partial charge in [-0.3, -0.25) is 33.5 Å². The molecule has 2 N–H and O–H groups in total. The molecule has 61 heavy (non-hydrogen) atoms. The zero-order chi connectivity index (χ0) is 43.3. The van der Waals surface area contributed by atoms with Crippen LogP contribution in [0.15, 0.2) is 47.7 Å². The van der Waals surface area contributed by atoms with Crippen LogP contribution in [0.4, 0.5) is 29.1 Å². The van der Waals surface area contributed by atoms with E-state index in [0.717, 1.165) is 30.5 Å². The van der Waals surface area contributed by atoms with E-state index in [1.54, 1.807) is 11.6 Å². The number of carbonyl (C=O) groups excluding carboxylic acids is 3. The van der Waals surface area contributed by atoms with Crippen molar-refractivity contribution in [3.63, 3.8) is 0 Å². The first-order valence-electron chi connectivity index (χ1n) is 20.3. The first kappa shape index (κ1) is 43.4. The van der Waals surface area contributed by atoms with Gasteiger partial charge in [-0.15, -0.1) is 0 Å². The van der Waals surface area contributed by atoms with E-state index in [9.17, 15) is 36.7 Å². The standard InChI is InChI=1S/C40H49F4N11O6/c1-50(14-6-20-60-19-4-8-26-7-3-9-29-34(26)51(2)39(59)55(29)30-10-11-32(56)48-38(30)58)17-21-61-22-18-53-24-28(33(49-53)35(41)42)46-37(57)27-23-45-54-16-12-31(47-36(27)54)52-15-5-13-40(43,44)25-52/h3,7,9,12,16,23-24,30,35H,4-6,8,10-11,13-15,17-22,25H2,1-2H3,(H,46,57)(H,48,56,58). The highest BCUT2D eigenvalue weighted by Crippen LogP contribution is 2.31. The van der Waals surface area contributed by atoms with Crippen LogP contribution >= 0.6 is 0 Å². The molecule has 6 heterocycles. The summed E-state index contributed by atoms with van der Waals surface area (Å²) in [6.45, 7) is 3.09. The highest BCUT2D eigenvalue weighted by molar-refractivity contribution is 6.08. The van der Waals surface area contributed by atoms with Gasteiger partial charge in [0.2, 0.25) is 11.8 Å². The number of imidazole rings is 1. The van der Waals surface area contributed by atoms with Crippen molar-refractivity contribution in [3.8, 4) is 0 Å². The third kappa shape index (κ3) is 10.1. The molecule has 0 aliphatic carbocycles. The fourth-order valence-corrected chi connectivity index (χ4v) is 7.80. The molecule has 21 heteroatoms. The summed E-state index contributed by atoms with van der Waals surface area (Å²) in [5, 5.41) is 12.9. The molecule has 2 saturated heterocycles. The number of aromatic nitrogens is 7. The number of alkyl halides is 4. The van der Waals surface area contributed by atoms with Crippen LogP contribution in [-0.2, 0) is 39.1 Å². The highest BCUT2D eigenvalue weighted by Gasteiger charge is 2.36. The average molecular weight is 856 g/mol. The Labute approximate surface area is 347 Å². The number of nitrogens with one attached hydrogen (secondary N) is 2. The predicted molar refractivity (Wildman–Crippen MR) is 215 cm³/mol. The van der Waals surface area contributed by atoms with Gasteiger partial charge in [0.15, 0.2) is 11.3 Å². The first-order valence-corrected chi connectivity index (χ1v) is 20.3. The van der Waals surface area contributed by atoms with Gasteiger partial charge < -0.3 is 24.6 Å². The van der Waals surface area contributed by atoms with Gasteiger partial charge >= 0.3 is 5.69 Å². The number of imide groups is 1. The van der Waals surface area contributed by atoms with Gasteiger partial charge in [0, 0.05) is 65.1 Å². The Morgan fingerprint density at radius 3 is 2.67 bits per heavy atom. The number of hydrogen-bond acceptors (Lipinski definition) is 11. The predicted octanol–water partition coefficient (Wildman–Crippen LogP) is 3.97. The minimum atomic E-state index is -2.97. The maximum atomic E-state index is 14.0. The fourth-order valence-electron chi connectivity index (χ4n) is 7.80. The number of benzene rings is 1. The van der Waals surface area contributed by atoms with Crippen molar-refractivity contribution in [2.75, 3.05) is 69.9 Å². The number of para-hydroxylation sites is 1. The molecule has 0 radical (unpaired) electrons. The van der Waals surface area contributed by atoms with Crippen LogP contribution in [-0.4, -0.2) is 122 Å². The Balaban J connectivity index is 0.806. The van der Waals surface area contributed by atoms with Crippen molar-refractivity contribution in [1.82, 2.24) is 43.7 Å². The molecule has 328 valence electrons. The van der Waals surface area contributed by atoms with Gasteiger partial charge in [-0.05, 0) is 56.8 Å². The number of amides is 3. The second-order valence-electron chi connectivity index (χ2n) is 15.4. The van der Waals surface area contributed by atoms with Crippen molar-refractivity contribution in [3.05, 3.63) is 70.2 Å². The topological polar surface area (TPSA) is 175 Å². The Hall–Kier alpha value is -5.67. The number of fused-ring (bicyclic) bond motifs is 2. The first-order chi connectivity index (χ1) is 29.3. The van der Waals surface area contributed by atoms with E-state index in [2.05, 4.69) is 30.7 Å². The number of aryl methyl sites for hydroxylation is 2. The van der Waals surface area contributed by atoms with E-state index >= 15 is 0 Å². The van der Waals surface area contributed by atoms with E-state index < -0.39 is 42.4 Å². The molecule has 0 spiro atoms. The second kappa shape index (κ2) is 18.9. The third-order valence-electron chi connectivity index (χ3n) is 10.9. The summed E-state index contributed by atoms with van der Waals surface area (Å²) in [6.07, 6.45) is 3.81. The number of halogens is 4. The van der Waals surface area contributed by atoms with Crippen molar-refractivity contribution < 1.29 is 41.4 Å². The normalized spacial score (nSPS) is 17.0. The molecule has 1 atom stereocenters. The Morgan fingerprint density at radius 2 is 1.89 bits per heavy atom. The van der Waals surface area contributed by atoms with Crippen LogP contribution in [0.3, 0.4) is 0 Å². The second-order valence-corrected chi connectivity index (χ2v) is 15.4. The monoisotopic (exact) mass is 855 g/mol. The fraction of sp³-hybridized carbons (Fsp3) is 0.525. The lowest BCUT2D eigenvalue weighted by molar-refractivity contribution is -0.135. The van der Waals surface area contributed by atoms with Gasteiger partial charge in [0.05, 0.1) is 49.2 Å². The van der Waals surface area contributed by atoms with E-state index in [-0.39, 0.29) is 73.1 Å². The van der Waals surface area contributed by atoms with Crippen molar-refractivity contribution in [2.24, 2.45) is 7.05 Å². The Bertz CT molecular complexity index is 2430. The van der Waals surface area contributed by atoms with Gasteiger partial charge in [-0.2, -0.15) is 10.2 Å². The third-order valence-corrected chi connectivity index (χ3v) is 10.9. The van der Waals surface area contributed by atoms with E-state index in [1.165, 1.54) is 43.3 Å². The average Bonchev–Trinajstić information content (AvgIpc) is 3.91. The molecular weight excluding hydrogens is 807 g/mol. The highest BCUT2D eigenvalue weighted by atomic mass is 19.3. The minimum Gasteiger partial charge on any atom is -0.381 e. The molecule has 3 amide bonds. The number of piperidine rings is 2. The zero-order valence-corrected chi connectivity index (χ0v) is 34.0. The summed E-state index contributed by atoms with van der Waals surface area (Å²) >= 11 is 0. The summed E-state index contributed by atoms with van der Waals surface area (Å²) in [5.41, 5.74) is 1.39. The van der Waals surface area contributed by atoms with E-state index in [0.29, 0.717) is 44.8 Å². The molecule has 0 saturated carbocycles. The summed E-state index contributed by atoms with van der Waals surface area (Å²) in [5.74, 6) is -4.15. The lowest BCUT2D eigenvalue weighted by atomic mass is 10.0. The minimum absolute atomic E-state index is 0.0147. The van der Waals surface area contributed by atoms with Gasteiger partial charge in [0.25, 0.3) is 18.3 Å². The number of ether oxygens (including phenoxy) is 2. The molecule has 2 aliphatic rings. The molecule has 4 aromatic heterocycles. The van der Waals surface area contributed by atoms with Crippen LogP contribution < -0.4 is 21.2 Å². The van der Waals surface area contributed by atoms with Crippen molar-refractivity contribution in [1.29, 1.82) is 0 Å². The van der Waals surface area contributed by atoms with Crippen molar-refractivity contribution >= 4 is 45.9 Å². The van der Waals surface area contributed by atoms with Crippen LogP contribution in [0, 0.1) is 0 Å². The Kier molecular flexibility index (Phi) is 13.5. The lowest BCUT2D eigenvalue weighted by Gasteiger charge is -2.33. The molecule has 5 aromatic rings. The molecule has 2 aliphatic heterocycles. The molecular formula is C40H49F4N11O6. The number of anilines is 2. The Morgan fingerprint density at radius 1 is 1.08 bits per heavy atom. The molecule has 7 rings (SSSR count). The molecule has 1 aromatic carbocycles. The van der Waals surface area contributed by atoms with E-state index in [4.69, 9.17) is 9.47 Å². The summed E-state index contributed by atoms with van der Waals surface area (Å²) < 4.78 is 73.2. The molecule has 17 nitrogen and oxygen atoms in total. The van der Waals surface area contributed by atoms with Gasteiger partial charge in [-0.1, -0.05) is 12.1 Å².